The molecule has 0 atom stereocenters. The van der Waals surface area contributed by atoms with Gasteiger partial charge in [-0.3, -0.25) is 9.59 Å². The van der Waals surface area contributed by atoms with E-state index < -0.39 is 5.91 Å². The van der Waals surface area contributed by atoms with Gasteiger partial charge in [-0.25, -0.2) is 0 Å². The molecular formula is C18H15ClN2O2. The number of aryl methyl sites for hydroxylation is 2. The third-order valence-electron chi connectivity index (χ3n) is 3.89. The first kappa shape index (κ1) is 15.3. The van der Waals surface area contributed by atoms with Gasteiger partial charge in [-0.1, -0.05) is 29.8 Å². The molecule has 0 saturated carbocycles. The summed E-state index contributed by atoms with van der Waals surface area (Å²) in [4.78, 5) is 28.0. The molecule has 0 aliphatic rings. The topological polar surface area (TPSA) is 62.0 Å². The lowest BCUT2D eigenvalue weighted by Gasteiger charge is -2.09. The van der Waals surface area contributed by atoms with Crippen molar-refractivity contribution in [1.29, 1.82) is 0 Å². The second kappa shape index (κ2) is 5.89. The number of rotatable bonds is 2. The van der Waals surface area contributed by atoms with Crippen LogP contribution in [0, 0.1) is 13.8 Å². The number of amides is 1. The molecule has 4 nitrogen and oxygen atoms in total. The highest BCUT2D eigenvalue weighted by atomic mass is 35.5. The highest BCUT2D eigenvalue weighted by molar-refractivity contribution is 6.32. The van der Waals surface area contributed by atoms with Gasteiger partial charge in [0.15, 0.2) is 0 Å². The summed E-state index contributed by atoms with van der Waals surface area (Å²) >= 11 is 6.07. The lowest BCUT2D eigenvalue weighted by molar-refractivity contribution is 0.102. The van der Waals surface area contributed by atoms with Crippen molar-refractivity contribution in [1.82, 2.24) is 4.98 Å². The Kier molecular flexibility index (Phi) is 3.92. The van der Waals surface area contributed by atoms with Gasteiger partial charge in [0.05, 0.1) is 5.52 Å². The van der Waals surface area contributed by atoms with Crippen LogP contribution in [0.2, 0.25) is 5.02 Å². The van der Waals surface area contributed by atoms with Gasteiger partial charge >= 0.3 is 0 Å². The van der Waals surface area contributed by atoms with Crippen molar-refractivity contribution in [2.24, 2.45) is 0 Å². The summed E-state index contributed by atoms with van der Waals surface area (Å²) in [5.41, 5.74) is 2.80. The molecular weight excluding hydrogens is 312 g/mol. The number of aromatic nitrogens is 1. The van der Waals surface area contributed by atoms with Crippen LogP contribution in [0.3, 0.4) is 0 Å². The van der Waals surface area contributed by atoms with Crippen LogP contribution in [0.25, 0.3) is 10.9 Å². The molecule has 0 unspecified atom stereocenters. The van der Waals surface area contributed by atoms with E-state index in [0.29, 0.717) is 21.6 Å². The highest BCUT2D eigenvalue weighted by Gasteiger charge is 2.15. The smallest absolute Gasteiger partial charge is 0.261 e. The van der Waals surface area contributed by atoms with Crippen LogP contribution < -0.4 is 10.7 Å². The maximum atomic E-state index is 12.6. The van der Waals surface area contributed by atoms with Crippen molar-refractivity contribution >= 4 is 34.1 Å². The van der Waals surface area contributed by atoms with Crippen molar-refractivity contribution in [2.45, 2.75) is 13.8 Å². The van der Waals surface area contributed by atoms with Gasteiger partial charge in [-0.05, 0) is 43.2 Å². The molecule has 1 amide bonds. The van der Waals surface area contributed by atoms with E-state index in [2.05, 4.69) is 10.3 Å². The van der Waals surface area contributed by atoms with E-state index in [0.717, 1.165) is 11.1 Å². The molecule has 3 aromatic rings. The number of H-pyrrole nitrogens is 1. The van der Waals surface area contributed by atoms with E-state index >= 15 is 0 Å². The van der Waals surface area contributed by atoms with Crippen LogP contribution in [-0.2, 0) is 0 Å². The zero-order valence-corrected chi connectivity index (χ0v) is 13.5. The zero-order valence-electron chi connectivity index (χ0n) is 12.7. The second-order valence-electron chi connectivity index (χ2n) is 5.40. The number of hydrogen-bond donors (Lipinski definition) is 2. The number of hydrogen-bond acceptors (Lipinski definition) is 2. The molecule has 2 N–H and O–H groups in total. The standard InChI is InChI=1S/C18H15ClN2O2/c1-10-5-3-4-6-15(10)21-18(23)13-9-20-16-11(2)14(19)8-7-12(16)17(13)22/h3-9H,1-2H3,(H,20,22)(H,21,23). The minimum absolute atomic E-state index is 0.0717. The third kappa shape index (κ3) is 2.73. The van der Waals surface area contributed by atoms with Crippen molar-refractivity contribution in [3.8, 4) is 0 Å². The van der Waals surface area contributed by atoms with Crippen LogP contribution in [0.15, 0.2) is 47.4 Å². The van der Waals surface area contributed by atoms with Crippen molar-refractivity contribution in [3.63, 3.8) is 0 Å². The van der Waals surface area contributed by atoms with E-state index in [1.54, 1.807) is 18.2 Å². The van der Waals surface area contributed by atoms with Crippen molar-refractivity contribution < 1.29 is 4.79 Å². The van der Waals surface area contributed by atoms with E-state index in [1.807, 2.05) is 32.0 Å². The molecule has 0 spiro atoms. The number of anilines is 1. The Morgan fingerprint density at radius 1 is 1.13 bits per heavy atom. The first-order valence-corrected chi connectivity index (χ1v) is 7.54. The van der Waals surface area contributed by atoms with Gasteiger partial charge < -0.3 is 10.3 Å². The summed E-state index contributed by atoms with van der Waals surface area (Å²) in [7, 11) is 0. The predicted molar refractivity (Wildman–Crippen MR) is 93.4 cm³/mol. The lowest BCUT2D eigenvalue weighted by Crippen LogP contribution is -2.22. The predicted octanol–water partition coefficient (Wildman–Crippen LogP) is 4.05. The molecule has 0 bridgehead atoms. The summed E-state index contributed by atoms with van der Waals surface area (Å²) in [5, 5.41) is 3.80. The number of halogens is 1. The average molecular weight is 327 g/mol. The van der Waals surface area contributed by atoms with Crippen LogP contribution in [0.1, 0.15) is 21.5 Å². The summed E-state index contributed by atoms with van der Waals surface area (Å²) in [6.45, 7) is 3.72. The van der Waals surface area contributed by atoms with E-state index in [1.165, 1.54) is 6.20 Å². The Morgan fingerprint density at radius 2 is 1.87 bits per heavy atom. The normalized spacial score (nSPS) is 10.7. The van der Waals surface area contributed by atoms with Crippen LogP contribution in [0.4, 0.5) is 5.69 Å². The van der Waals surface area contributed by atoms with Crippen LogP contribution in [-0.4, -0.2) is 10.9 Å². The molecule has 0 saturated heterocycles. The highest BCUT2D eigenvalue weighted by Crippen LogP contribution is 2.22. The zero-order chi connectivity index (χ0) is 16.6. The number of pyridine rings is 1. The van der Waals surface area contributed by atoms with Crippen molar-refractivity contribution in [2.75, 3.05) is 5.32 Å². The summed E-state index contributed by atoms with van der Waals surface area (Å²) in [5.74, 6) is -0.435. The molecule has 1 aromatic heterocycles. The van der Waals surface area contributed by atoms with Crippen molar-refractivity contribution in [3.05, 3.63) is 74.5 Å². The lowest BCUT2D eigenvalue weighted by atomic mass is 10.1. The van der Waals surface area contributed by atoms with Gasteiger partial charge in [0.25, 0.3) is 5.91 Å². The van der Waals surface area contributed by atoms with E-state index in [4.69, 9.17) is 11.6 Å². The Morgan fingerprint density at radius 3 is 2.61 bits per heavy atom. The Balaban J connectivity index is 2.05. The van der Waals surface area contributed by atoms with Gasteiger partial charge in [-0.2, -0.15) is 0 Å². The minimum atomic E-state index is -0.435. The van der Waals surface area contributed by atoms with Gasteiger partial charge in [0.1, 0.15) is 5.56 Å². The summed E-state index contributed by atoms with van der Waals surface area (Å²) in [6, 6.07) is 10.7. The molecule has 0 radical (unpaired) electrons. The molecule has 0 fully saturated rings. The SMILES string of the molecule is Cc1ccccc1NC(=O)c1c[nH]c2c(C)c(Cl)ccc2c1=O. The summed E-state index contributed by atoms with van der Waals surface area (Å²) in [6.07, 6.45) is 1.43. The number of aromatic amines is 1. The molecule has 23 heavy (non-hydrogen) atoms. The molecule has 116 valence electrons. The average Bonchev–Trinajstić information content (AvgIpc) is 2.53. The third-order valence-corrected chi connectivity index (χ3v) is 4.30. The maximum absolute atomic E-state index is 12.6. The van der Waals surface area contributed by atoms with Gasteiger partial charge in [-0.15, -0.1) is 0 Å². The molecule has 3 rings (SSSR count). The van der Waals surface area contributed by atoms with Gasteiger partial charge in [0, 0.05) is 22.3 Å². The van der Waals surface area contributed by atoms with Crippen LogP contribution >= 0.6 is 11.6 Å². The molecule has 0 aliphatic heterocycles. The Labute approximate surface area is 138 Å². The molecule has 0 aliphatic carbocycles. The van der Waals surface area contributed by atoms with E-state index in [9.17, 15) is 9.59 Å². The molecule has 2 aromatic carbocycles. The summed E-state index contributed by atoms with van der Waals surface area (Å²) < 4.78 is 0. The van der Waals surface area contributed by atoms with Gasteiger partial charge in [0.2, 0.25) is 5.43 Å². The number of carbonyl (C=O) groups is 1. The fraction of sp³-hybridized carbons (Fsp3) is 0.111. The molecule has 1 heterocycles. The number of nitrogens with one attached hydrogen (secondary N) is 2. The largest absolute Gasteiger partial charge is 0.360 e. The maximum Gasteiger partial charge on any atom is 0.261 e. The number of benzene rings is 2. The quantitative estimate of drug-likeness (QED) is 0.746. The first-order valence-electron chi connectivity index (χ1n) is 7.16. The fourth-order valence-electron chi connectivity index (χ4n) is 2.49. The number of carbonyl (C=O) groups excluding carboxylic acids is 1. The fourth-order valence-corrected chi connectivity index (χ4v) is 2.65. The second-order valence-corrected chi connectivity index (χ2v) is 5.80. The van der Waals surface area contributed by atoms with Crippen LogP contribution in [0.5, 0.6) is 0 Å². The Bertz CT molecular complexity index is 976. The van der Waals surface area contributed by atoms with E-state index in [-0.39, 0.29) is 11.0 Å². The minimum Gasteiger partial charge on any atom is -0.360 e. The Hall–Kier alpha value is -2.59. The molecule has 5 heteroatoms. The number of fused-ring (bicyclic) bond motifs is 1. The first-order chi connectivity index (χ1) is 11.0. The monoisotopic (exact) mass is 326 g/mol. The number of para-hydroxylation sites is 1.